The second kappa shape index (κ2) is 10.5. The summed E-state index contributed by atoms with van der Waals surface area (Å²) in [6.07, 6.45) is 2.04. The number of hydrazine groups is 1. The van der Waals surface area contributed by atoms with E-state index < -0.39 is 54.1 Å². The Morgan fingerprint density at radius 1 is 1.27 bits per heavy atom. The van der Waals surface area contributed by atoms with E-state index in [9.17, 15) is 19.5 Å². The van der Waals surface area contributed by atoms with Crippen molar-refractivity contribution in [3.63, 3.8) is 0 Å². The van der Waals surface area contributed by atoms with Crippen LogP contribution in [0.3, 0.4) is 0 Å². The highest BCUT2D eigenvalue weighted by Gasteiger charge is 2.42. The number of carboxylic acid groups (broad SMARTS) is 1. The van der Waals surface area contributed by atoms with Crippen molar-refractivity contribution >= 4 is 17.8 Å². The lowest BCUT2D eigenvalue weighted by molar-refractivity contribution is -0.174. The fourth-order valence-corrected chi connectivity index (χ4v) is 4.00. The van der Waals surface area contributed by atoms with E-state index in [0.717, 1.165) is 0 Å². The third-order valence-electron chi connectivity index (χ3n) is 5.42. The molecule has 0 aromatic heterocycles. The fourth-order valence-electron chi connectivity index (χ4n) is 4.00. The minimum Gasteiger partial charge on any atom is -0.480 e. The monoisotopic (exact) mass is 422 g/mol. The summed E-state index contributed by atoms with van der Waals surface area (Å²) in [4.78, 5) is 37.9. The molecule has 0 saturated carbocycles. The number of esters is 1. The smallest absolute Gasteiger partial charge is 0.328 e. The number of ether oxygens (including phenoxy) is 1. The maximum atomic E-state index is 13.4. The molecule has 2 fully saturated rings. The van der Waals surface area contributed by atoms with Gasteiger partial charge in [0, 0.05) is 13.1 Å². The normalized spacial score (nSPS) is 25.7. The Kier molecular flexibility index (Phi) is 5.72. The summed E-state index contributed by atoms with van der Waals surface area (Å²) in [6, 6.07) is -4.85. The predicted octanol–water partition coefficient (Wildman–Crippen LogP) is 1.60. The molecule has 0 radical (unpaired) electrons. The Balaban J connectivity index is 1.83. The van der Waals surface area contributed by atoms with Crippen molar-refractivity contribution in [2.75, 3.05) is 19.7 Å². The largest absolute Gasteiger partial charge is 0.480 e. The lowest BCUT2D eigenvalue weighted by Crippen LogP contribution is -2.61. The topological polar surface area (TPSA) is 99.2 Å². The number of fused-ring (bicyclic) bond motifs is 1. The number of hydrogen-bond acceptors (Lipinski definition) is 6. The van der Waals surface area contributed by atoms with Crippen LogP contribution in [0.4, 0.5) is 0 Å². The molecule has 0 bridgehead atoms. The average Bonchev–Trinajstić information content (AvgIpc) is 2.99. The number of hydrogen-bond donors (Lipinski definition) is 2. The van der Waals surface area contributed by atoms with Crippen LogP contribution in [-0.2, 0) is 25.5 Å². The number of amides is 1. The molecule has 3 rings (SSSR count). The Hall–Kier alpha value is -2.45. The molecule has 1 aromatic rings. The van der Waals surface area contributed by atoms with Crippen LogP contribution < -0.4 is 5.32 Å². The molecule has 3 atom stereocenters. The summed E-state index contributed by atoms with van der Waals surface area (Å²) >= 11 is 0. The highest BCUT2D eigenvalue weighted by Crippen LogP contribution is 2.24. The van der Waals surface area contributed by atoms with E-state index in [1.165, 1.54) is 5.01 Å². The van der Waals surface area contributed by atoms with Gasteiger partial charge in [0.25, 0.3) is 5.91 Å². The van der Waals surface area contributed by atoms with Crippen LogP contribution in [0, 0.1) is 0 Å². The lowest BCUT2D eigenvalue weighted by Gasteiger charge is -2.42. The fraction of sp³-hybridized carbons (Fsp3) is 0.591. The van der Waals surface area contributed by atoms with E-state index in [0.29, 0.717) is 38.8 Å². The summed E-state index contributed by atoms with van der Waals surface area (Å²) in [5, 5.41) is 15.7. The first-order chi connectivity index (χ1) is 16.6. The van der Waals surface area contributed by atoms with E-state index in [1.54, 1.807) is 11.9 Å². The van der Waals surface area contributed by atoms with Crippen LogP contribution in [0.25, 0.3) is 0 Å². The molecule has 1 aromatic carbocycles. The van der Waals surface area contributed by atoms with Crippen molar-refractivity contribution in [3.05, 3.63) is 35.8 Å². The van der Waals surface area contributed by atoms with Crippen LogP contribution in [0.15, 0.2) is 30.2 Å². The number of carboxylic acids is 1. The Morgan fingerprint density at radius 3 is 2.63 bits per heavy atom. The maximum Gasteiger partial charge on any atom is 0.328 e. The number of aliphatic carboxylic acids is 1. The Bertz CT molecular complexity index is 966. The number of nitrogens with zero attached hydrogens (tertiary/aromatic N) is 2. The molecule has 0 unspecified atom stereocenters. The molecular weight excluding hydrogens is 386 g/mol. The van der Waals surface area contributed by atoms with Gasteiger partial charge in [0.2, 0.25) is 0 Å². The van der Waals surface area contributed by atoms with Gasteiger partial charge in [0.1, 0.15) is 12.1 Å². The molecule has 0 spiro atoms. The Labute approximate surface area is 184 Å². The van der Waals surface area contributed by atoms with Crippen molar-refractivity contribution in [1.29, 1.82) is 0 Å². The van der Waals surface area contributed by atoms with Crippen molar-refractivity contribution in [2.24, 2.45) is 0 Å². The molecule has 0 aliphatic carbocycles. The average molecular weight is 423 g/mol. The van der Waals surface area contributed by atoms with Crippen LogP contribution in [0.1, 0.15) is 51.4 Å². The molecule has 2 aliphatic rings. The van der Waals surface area contributed by atoms with Gasteiger partial charge in [-0.05, 0) is 51.0 Å². The highest BCUT2D eigenvalue weighted by molar-refractivity contribution is 5.87. The summed E-state index contributed by atoms with van der Waals surface area (Å²) in [6.45, 7) is 2.86. The summed E-state index contributed by atoms with van der Waals surface area (Å²) < 4.78 is 44.8. The van der Waals surface area contributed by atoms with Gasteiger partial charge in [0.15, 0.2) is 0 Å². The zero-order chi connectivity index (χ0) is 25.9. The van der Waals surface area contributed by atoms with E-state index in [4.69, 9.17) is 11.6 Å². The first-order valence-electron chi connectivity index (χ1n) is 12.9. The second-order valence-corrected chi connectivity index (χ2v) is 7.44. The number of nitrogens with one attached hydrogen (secondary N) is 1. The van der Waals surface area contributed by atoms with Gasteiger partial charge in [0.05, 0.1) is 19.5 Å². The van der Waals surface area contributed by atoms with Gasteiger partial charge in [-0.2, -0.15) is 0 Å². The van der Waals surface area contributed by atoms with Gasteiger partial charge >= 0.3 is 11.9 Å². The van der Waals surface area contributed by atoms with Gasteiger partial charge in [-0.1, -0.05) is 30.2 Å². The van der Waals surface area contributed by atoms with Gasteiger partial charge in [-0.25, -0.2) is 9.80 Å². The first-order valence-corrected chi connectivity index (χ1v) is 10.4. The summed E-state index contributed by atoms with van der Waals surface area (Å²) in [5.41, 5.74) is 0.0763. The number of rotatable bonds is 8. The summed E-state index contributed by atoms with van der Waals surface area (Å²) in [7, 11) is 0. The Morgan fingerprint density at radius 2 is 1.97 bits per heavy atom. The molecule has 164 valence electrons. The molecule has 30 heavy (non-hydrogen) atoms. The molecule has 2 aliphatic heterocycles. The third-order valence-corrected chi connectivity index (χ3v) is 5.42. The molecule has 2 N–H and O–H groups in total. The molecule has 8 nitrogen and oxygen atoms in total. The van der Waals surface area contributed by atoms with Gasteiger partial charge in [-0.3, -0.25) is 19.9 Å². The minimum absolute atomic E-state index is 0.0132. The van der Waals surface area contributed by atoms with E-state index in [-0.39, 0.29) is 37.1 Å². The van der Waals surface area contributed by atoms with Crippen LogP contribution >= 0.6 is 0 Å². The quantitative estimate of drug-likeness (QED) is 0.614. The minimum atomic E-state index is -1.08. The number of carbonyl (C=O) groups is 3. The SMILES string of the molecule is [2H]c1c([2H])c([2H])c(CC[C@H](N[C@H]2CCCN3CCC[C@@H](C(=O)O)N3C2=O)C(=O)OCC)c([2H])c1[2H]. The number of benzene rings is 1. The van der Waals surface area contributed by atoms with Crippen LogP contribution in [0.2, 0.25) is 0 Å². The zero-order valence-corrected chi connectivity index (χ0v) is 17.1. The van der Waals surface area contributed by atoms with Gasteiger partial charge < -0.3 is 9.84 Å². The van der Waals surface area contributed by atoms with Crippen molar-refractivity contribution < 1.29 is 31.1 Å². The summed E-state index contributed by atoms with van der Waals surface area (Å²) in [5.74, 6) is -2.12. The third kappa shape index (κ3) is 5.37. The second-order valence-electron chi connectivity index (χ2n) is 7.44. The van der Waals surface area contributed by atoms with E-state index in [1.807, 2.05) is 0 Å². The van der Waals surface area contributed by atoms with Crippen molar-refractivity contribution in [2.45, 2.75) is 63.6 Å². The lowest BCUT2D eigenvalue weighted by atomic mass is 10.0. The predicted molar refractivity (Wildman–Crippen MR) is 110 cm³/mol. The van der Waals surface area contributed by atoms with E-state index >= 15 is 0 Å². The van der Waals surface area contributed by atoms with Crippen molar-refractivity contribution in [1.82, 2.24) is 15.3 Å². The van der Waals surface area contributed by atoms with Crippen LogP contribution in [0.5, 0.6) is 0 Å². The first kappa shape index (κ1) is 16.3. The molecule has 2 heterocycles. The molecule has 8 heteroatoms. The van der Waals surface area contributed by atoms with E-state index in [2.05, 4.69) is 5.32 Å². The molecule has 2 saturated heterocycles. The van der Waals surface area contributed by atoms with Crippen LogP contribution in [-0.4, -0.2) is 70.8 Å². The maximum absolute atomic E-state index is 13.4. The molecular formula is C22H31N3O5. The highest BCUT2D eigenvalue weighted by atomic mass is 16.5. The number of carbonyl (C=O) groups excluding carboxylic acids is 2. The van der Waals surface area contributed by atoms with Crippen molar-refractivity contribution in [3.8, 4) is 0 Å². The standard InChI is InChI=1S/C22H31N3O5/c1-2-30-22(29)18(13-12-16-8-4-3-5-9-16)23-17-10-6-14-24-15-7-11-19(21(27)28)25(24)20(17)26/h3-5,8-9,17-19,23H,2,6-7,10-15H2,1H3,(H,27,28)/t17-,18-,19-/m0/s1/i3D,4D,5D,8D,9D. The molecule has 1 amide bonds. The zero-order valence-electron chi connectivity index (χ0n) is 22.1. The van der Waals surface area contributed by atoms with Gasteiger partial charge in [-0.15, -0.1) is 0 Å².